The number of hydrogen-bond acceptors (Lipinski definition) is 5. The van der Waals surface area contributed by atoms with E-state index in [0.717, 1.165) is 16.9 Å². The van der Waals surface area contributed by atoms with Gasteiger partial charge in [0.15, 0.2) is 0 Å². The van der Waals surface area contributed by atoms with Gasteiger partial charge in [-0.3, -0.25) is 11.3 Å². The third-order valence-electron chi connectivity index (χ3n) is 3.35. The summed E-state index contributed by atoms with van der Waals surface area (Å²) in [5.41, 5.74) is 4.82. The molecule has 114 valence electrons. The number of sulfone groups is 1. The van der Waals surface area contributed by atoms with Gasteiger partial charge in [-0.2, -0.15) is 0 Å². The predicted octanol–water partition coefficient (Wildman–Crippen LogP) is 1.72. The van der Waals surface area contributed by atoms with E-state index in [1.807, 2.05) is 25.1 Å². The molecule has 1 rings (SSSR count). The van der Waals surface area contributed by atoms with Crippen LogP contribution in [-0.2, 0) is 9.84 Å². The number of nitrogens with one attached hydrogen (secondary N) is 1. The van der Waals surface area contributed by atoms with E-state index in [2.05, 4.69) is 5.43 Å². The quantitative estimate of drug-likeness (QED) is 0.564. The molecule has 0 amide bonds. The van der Waals surface area contributed by atoms with Gasteiger partial charge < -0.3 is 4.74 Å². The zero-order valence-electron chi connectivity index (χ0n) is 12.3. The number of nitrogens with two attached hydrogens (primary N) is 1. The van der Waals surface area contributed by atoms with Crippen molar-refractivity contribution in [3.63, 3.8) is 0 Å². The number of hydrazine groups is 1. The van der Waals surface area contributed by atoms with Crippen LogP contribution in [0.4, 0.5) is 0 Å². The van der Waals surface area contributed by atoms with Crippen LogP contribution in [-0.4, -0.2) is 27.0 Å². The lowest BCUT2D eigenvalue weighted by Crippen LogP contribution is -2.29. The molecule has 20 heavy (non-hydrogen) atoms. The van der Waals surface area contributed by atoms with Crippen molar-refractivity contribution in [2.24, 2.45) is 5.84 Å². The van der Waals surface area contributed by atoms with Crippen molar-refractivity contribution in [1.29, 1.82) is 0 Å². The normalized spacial score (nSPS) is 13.2. The monoisotopic (exact) mass is 300 g/mol. The molecule has 0 aliphatic carbocycles. The van der Waals surface area contributed by atoms with Gasteiger partial charge in [-0.25, -0.2) is 8.42 Å². The van der Waals surface area contributed by atoms with E-state index >= 15 is 0 Å². The van der Waals surface area contributed by atoms with Crippen LogP contribution in [0.25, 0.3) is 0 Å². The summed E-state index contributed by atoms with van der Waals surface area (Å²) in [6.45, 7) is 3.66. The number of hydrogen-bond donors (Lipinski definition) is 2. The minimum Gasteiger partial charge on any atom is -0.496 e. The summed E-state index contributed by atoms with van der Waals surface area (Å²) in [5.74, 6) is 6.74. The minimum absolute atomic E-state index is 0.114. The third kappa shape index (κ3) is 4.77. The van der Waals surface area contributed by atoms with Crippen LogP contribution in [0, 0.1) is 6.92 Å². The Hall–Kier alpha value is -1.11. The summed E-state index contributed by atoms with van der Waals surface area (Å²) in [4.78, 5) is 0. The molecule has 0 aliphatic rings. The molecular formula is C14H24N2O3S. The molecule has 1 atom stereocenters. The number of methoxy groups -OCH3 is 1. The molecule has 5 nitrogen and oxygen atoms in total. The van der Waals surface area contributed by atoms with E-state index < -0.39 is 9.84 Å². The van der Waals surface area contributed by atoms with Crippen molar-refractivity contribution in [2.75, 3.05) is 18.6 Å². The molecule has 1 aromatic rings. The van der Waals surface area contributed by atoms with Crippen molar-refractivity contribution in [3.8, 4) is 5.75 Å². The standard InChI is InChI=1S/C14H24N2O3S/c1-4-20(17,18)9-5-6-13(16-15)12-10-11(2)7-8-14(12)19-3/h7-8,10,13,16H,4-6,9,15H2,1-3H3. The molecule has 0 aromatic heterocycles. The first kappa shape index (κ1) is 16.9. The van der Waals surface area contributed by atoms with Gasteiger partial charge in [0.05, 0.1) is 12.9 Å². The van der Waals surface area contributed by atoms with E-state index in [0.29, 0.717) is 12.8 Å². The Morgan fingerprint density at radius 1 is 1.40 bits per heavy atom. The Kier molecular flexibility index (Phi) is 6.45. The molecule has 0 saturated carbocycles. The second-order valence-corrected chi connectivity index (χ2v) is 7.32. The fourth-order valence-electron chi connectivity index (χ4n) is 2.11. The van der Waals surface area contributed by atoms with Gasteiger partial charge in [-0.15, -0.1) is 0 Å². The average Bonchev–Trinajstić information content (AvgIpc) is 2.43. The van der Waals surface area contributed by atoms with Gasteiger partial charge in [0.2, 0.25) is 0 Å². The number of ether oxygens (including phenoxy) is 1. The van der Waals surface area contributed by atoms with Crippen molar-refractivity contribution in [1.82, 2.24) is 5.43 Å². The lowest BCUT2D eigenvalue weighted by molar-refractivity contribution is 0.395. The molecule has 0 spiro atoms. The SMILES string of the molecule is CCS(=O)(=O)CCCC(NN)c1cc(C)ccc1OC. The maximum atomic E-state index is 11.5. The number of aryl methyl sites for hydroxylation is 1. The van der Waals surface area contributed by atoms with Gasteiger partial charge in [0.1, 0.15) is 15.6 Å². The summed E-state index contributed by atoms with van der Waals surface area (Å²) < 4.78 is 28.4. The first-order valence-corrected chi connectivity index (χ1v) is 8.56. The summed E-state index contributed by atoms with van der Waals surface area (Å²) in [7, 11) is -1.31. The van der Waals surface area contributed by atoms with Gasteiger partial charge in [-0.1, -0.05) is 24.6 Å². The Morgan fingerprint density at radius 2 is 2.10 bits per heavy atom. The highest BCUT2D eigenvalue weighted by Crippen LogP contribution is 2.28. The highest BCUT2D eigenvalue weighted by Gasteiger charge is 2.16. The highest BCUT2D eigenvalue weighted by atomic mass is 32.2. The second kappa shape index (κ2) is 7.61. The largest absolute Gasteiger partial charge is 0.496 e. The van der Waals surface area contributed by atoms with Crippen molar-refractivity contribution in [3.05, 3.63) is 29.3 Å². The summed E-state index contributed by atoms with van der Waals surface area (Å²) >= 11 is 0. The molecule has 1 unspecified atom stereocenters. The zero-order chi connectivity index (χ0) is 15.2. The lowest BCUT2D eigenvalue weighted by atomic mass is 10.00. The molecule has 0 radical (unpaired) electrons. The van der Waals surface area contributed by atoms with E-state index in [4.69, 9.17) is 10.6 Å². The predicted molar refractivity (Wildman–Crippen MR) is 81.4 cm³/mol. The van der Waals surface area contributed by atoms with E-state index in [-0.39, 0.29) is 17.5 Å². The fraction of sp³-hybridized carbons (Fsp3) is 0.571. The Bertz CT molecular complexity index is 529. The number of rotatable bonds is 8. The first-order valence-electron chi connectivity index (χ1n) is 6.74. The van der Waals surface area contributed by atoms with Gasteiger partial charge in [0.25, 0.3) is 0 Å². The third-order valence-corrected chi connectivity index (χ3v) is 5.14. The van der Waals surface area contributed by atoms with E-state index in [9.17, 15) is 8.42 Å². The smallest absolute Gasteiger partial charge is 0.150 e. The Labute approximate surface area is 121 Å². The van der Waals surface area contributed by atoms with E-state index in [1.165, 1.54) is 0 Å². The molecule has 0 bridgehead atoms. The topological polar surface area (TPSA) is 81.4 Å². The maximum Gasteiger partial charge on any atom is 0.150 e. The average molecular weight is 300 g/mol. The van der Waals surface area contributed by atoms with Crippen LogP contribution in [0.5, 0.6) is 5.75 Å². The van der Waals surface area contributed by atoms with Crippen molar-refractivity contribution < 1.29 is 13.2 Å². The van der Waals surface area contributed by atoms with Crippen LogP contribution in [0.3, 0.4) is 0 Å². The van der Waals surface area contributed by atoms with Gasteiger partial charge >= 0.3 is 0 Å². The first-order chi connectivity index (χ1) is 9.43. The van der Waals surface area contributed by atoms with Gasteiger partial charge in [-0.05, 0) is 25.8 Å². The van der Waals surface area contributed by atoms with Crippen LogP contribution < -0.4 is 16.0 Å². The van der Waals surface area contributed by atoms with Crippen molar-refractivity contribution >= 4 is 9.84 Å². The molecule has 3 N–H and O–H groups in total. The summed E-state index contributed by atoms with van der Waals surface area (Å²) in [6.07, 6.45) is 1.22. The van der Waals surface area contributed by atoms with Crippen LogP contribution in [0.2, 0.25) is 0 Å². The molecule has 6 heteroatoms. The molecule has 0 aliphatic heterocycles. The van der Waals surface area contributed by atoms with Gasteiger partial charge in [0, 0.05) is 17.4 Å². The highest BCUT2D eigenvalue weighted by molar-refractivity contribution is 7.91. The van der Waals surface area contributed by atoms with Crippen LogP contribution in [0.1, 0.15) is 36.9 Å². The molecule has 0 heterocycles. The minimum atomic E-state index is -2.93. The Morgan fingerprint density at radius 3 is 2.65 bits per heavy atom. The molecule has 0 saturated heterocycles. The van der Waals surface area contributed by atoms with Crippen LogP contribution >= 0.6 is 0 Å². The van der Waals surface area contributed by atoms with Crippen molar-refractivity contribution in [2.45, 2.75) is 32.7 Å². The summed E-state index contributed by atoms with van der Waals surface area (Å²) in [5, 5.41) is 0. The molecular weight excluding hydrogens is 276 g/mol. The summed E-state index contributed by atoms with van der Waals surface area (Å²) in [6, 6.07) is 5.77. The number of benzene rings is 1. The molecule has 0 fully saturated rings. The lowest BCUT2D eigenvalue weighted by Gasteiger charge is -2.19. The maximum absolute atomic E-state index is 11.5. The van der Waals surface area contributed by atoms with E-state index in [1.54, 1.807) is 14.0 Å². The van der Waals surface area contributed by atoms with Crippen LogP contribution in [0.15, 0.2) is 18.2 Å². The second-order valence-electron chi connectivity index (χ2n) is 4.84. The molecule has 1 aromatic carbocycles. The fourth-order valence-corrected chi connectivity index (χ4v) is 3.00. The Balaban J connectivity index is 2.78. The zero-order valence-corrected chi connectivity index (χ0v) is 13.2.